The zero-order valence-electron chi connectivity index (χ0n) is 56.2. The molecule has 16 bridgehead atoms. The monoisotopic (exact) mass is 1290 g/mol. The van der Waals surface area contributed by atoms with Crippen molar-refractivity contribution in [1.82, 2.24) is 36.0 Å². The van der Waals surface area contributed by atoms with Gasteiger partial charge in [0.15, 0.2) is 0 Å². The van der Waals surface area contributed by atoms with Gasteiger partial charge in [-0.05, 0) is 336 Å². The highest BCUT2D eigenvalue weighted by molar-refractivity contribution is 7.13. The molecule has 4 N–H and O–H groups in total. The maximum Gasteiger partial charge on any atom is 0.141 e. The molecule has 0 aliphatic heterocycles. The lowest BCUT2D eigenvalue weighted by atomic mass is 9.53. The first-order chi connectivity index (χ1) is 45.9. The van der Waals surface area contributed by atoms with Crippen molar-refractivity contribution < 1.29 is 4.52 Å². The fourth-order valence-electron chi connectivity index (χ4n) is 23.9. The SMILES string of the molecule is Cc1noc(C)c1-c1ccc(CNC23CC4CC(CC(C4)C2)C3)cc1.c1cc(CNC23CC4CC(CC(C4)C2)C3)cc(-c2cccs2)c1.c1cc(CNC23CC4CC(CC(C4)C2)C3)cc(-c2ccsc2)c1.c1cn(-c2ccc(CNC34CC5CC(CC(C5)C3)C4)cc2)cn1. The van der Waals surface area contributed by atoms with Gasteiger partial charge in [0.25, 0.3) is 0 Å². The Balaban J connectivity index is 0.0000000954. The largest absolute Gasteiger partial charge is 0.361 e. The van der Waals surface area contributed by atoms with Gasteiger partial charge in [-0.15, -0.1) is 11.3 Å². The molecule has 10 heteroatoms. The molecule has 8 nitrogen and oxygen atoms in total. The number of rotatable bonds is 16. The Bertz CT molecular complexity index is 3540. The van der Waals surface area contributed by atoms with E-state index in [4.69, 9.17) is 4.52 Å². The van der Waals surface area contributed by atoms with Gasteiger partial charge in [0.1, 0.15) is 5.76 Å². The van der Waals surface area contributed by atoms with Crippen molar-refractivity contribution in [2.75, 3.05) is 0 Å². The van der Waals surface area contributed by atoms with Crippen LogP contribution in [0, 0.1) is 84.9 Å². The van der Waals surface area contributed by atoms with E-state index in [2.05, 4.69) is 167 Å². The smallest absolute Gasteiger partial charge is 0.141 e. The normalized spacial score (nSPS) is 34.4. The third-order valence-electron chi connectivity index (χ3n) is 26.4. The molecule has 4 heterocycles. The summed E-state index contributed by atoms with van der Waals surface area (Å²) in [6.45, 7) is 8.06. The summed E-state index contributed by atoms with van der Waals surface area (Å²) in [4.78, 5) is 5.49. The Morgan fingerprint density at radius 1 is 0.426 bits per heavy atom. The van der Waals surface area contributed by atoms with Gasteiger partial charge in [0.2, 0.25) is 0 Å². The van der Waals surface area contributed by atoms with E-state index >= 15 is 0 Å². The molecule has 0 spiro atoms. The van der Waals surface area contributed by atoms with Crippen LogP contribution in [0.15, 0.2) is 155 Å². The van der Waals surface area contributed by atoms with Crippen molar-refractivity contribution in [1.29, 1.82) is 0 Å². The van der Waals surface area contributed by atoms with Crippen molar-refractivity contribution in [3.63, 3.8) is 0 Å². The lowest BCUT2D eigenvalue weighted by molar-refractivity contribution is -0.0207. The van der Waals surface area contributed by atoms with Crippen molar-refractivity contribution in [3.05, 3.63) is 184 Å². The van der Waals surface area contributed by atoms with E-state index in [0.29, 0.717) is 22.2 Å². The number of nitrogens with zero attached hydrogens (tertiary/aromatic N) is 3. The number of hydrogen-bond acceptors (Lipinski definition) is 9. The van der Waals surface area contributed by atoms with Gasteiger partial charge in [-0.1, -0.05) is 84.0 Å². The van der Waals surface area contributed by atoms with E-state index in [-0.39, 0.29) is 0 Å². The minimum Gasteiger partial charge on any atom is -0.361 e. The average Bonchev–Trinajstić information content (AvgIpc) is 1.06. The van der Waals surface area contributed by atoms with Crippen LogP contribution >= 0.6 is 22.7 Å². The molecule has 4 aromatic heterocycles. The molecular weight excluding hydrogens is 1190 g/mol. The van der Waals surface area contributed by atoms with Gasteiger partial charge in [-0.3, -0.25) is 0 Å². The molecule has 492 valence electrons. The van der Waals surface area contributed by atoms with Crippen molar-refractivity contribution >= 4 is 22.7 Å². The van der Waals surface area contributed by atoms with E-state index in [0.717, 1.165) is 114 Å². The highest BCUT2D eigenvalue weighted by Gasteiger charge is 2.54. The van der Waals surface area contributed by atoms with Crippen molar-refractivity contribution in [2.24, 2.45) is 71.0 Å². The lowest BCUT2D eigenvalue weighted by Crippen LogP contribution is -2.58. The molecule has 24 rings (SSSR count). The molecular formula is C84H103N7OS2. The topological polar surface area (TPSA) is 92.0 Å². The zero-order chi connectivity index (χ0) is 62.9. The van der Waals surface area contributed by atoms with Crippen LogP contribution in [0.4, 0.5) is 0 Å². The van der Waals surface area contributed by atoms with Crippen LogP contribution in [0.25, 0.3) is 38.4 Å². The molecule has 0 atom stereocenters. The van der Waals surface area contributed by atoms with Gasteiger partial charge in [-0.2, -0.15) is 11.3 Å². The fourth-order valence-corrected chi connectivity index (χ4v) is 25.3. The first-order valence-electron chi connectivity index (χ1n) is 37.3. The number of imidazole rings is 1. The summed E-state index contributed by atoms with van der Waals surface area (Å²) in [5.41, 5.74) is 16.0. The number of aromatic nitrogens is 3. The Morgan fingerprint density at radius 2 is 0.840 bits per heavy atom. The second-order valence-corrected chi connectivity index (χ2v) is 35.4. The van der Waals surface area contributed by atoms with E-state index in [1.807, 2.05) is 43.9 Å². The van der Waals surface area contributed by atoms with Crippen LogP contribution in [-0.4, -0.2) is 36.9 Å². The number of aryl methyl sites for hydroxylation is 2. The predicted octanol–water partition coefficient (Wildman–Crippen LogP) is 19.9. The molecule has 16 fully saturated rings. The number of nitrogens with one attached hydrogen (secondary N) is 4. The molecule has 0 saturated heterocycles. The maximum atomic E-state index is 5.30. The van der Waals surface area contributed by atoms with E-state index in [9.17, 15) is 0 Å². The average molecular weight is 1290 g/mol. The molecule has 16 saturated carbocycles. The van der Waals surface area contributed by atoms with Crippen LogP contribution in [0.5, 0.6) is 0 Å². The second kappa shape index (κ2) is 26.1. The molecule has 0 radical (unpaired) electrons. The van der Waals surface area contributed by atoms with Crippen LogP contribution in [0.1, 0.15) is 188 Å². The highest BCUT2D eigenvalue weighted by Crippen LogP contribution is 2.59. The van der Waals surface area contributed by atoms with Gasteiger partial charge < -0.3 is 30.4 Å². The van der Waals surface area contributed by atoms with Crippen LogP contribution in [0.2, 0.25) is 0 Å². The minimum atomic E-state index is 0.440. The third kappa shape index (κ3) is 13.5. The molecule has 16 aliphatic carbocycles. The summed E-state index contributed by atoms with van der Waals surface area (Å²) in [6.07, 6.45) is 41.0. The first kappa shape index (κ1) is 62.1. The summed E-state index contributed by atoms with van der Waals surface area (Å²) in [7, 11) is 0. The lowest BCUT2D eigenvalue weighted by Gasteiger charge is -2.57. The molecule has 8 aromatic rings. The molecule has 94 heavy (non-hydrogen) atoms. The third-order valence-corrected chi connectivity index (χ3v) is 28.0. The minimum absolute atomic E-state index is 0.440. The van der Waals surface area contributed by atoms with Gasteiger partial charge in [0, 0.05) is 76.9 Å². The highest BCUT2D eigenvalue weighted by atomic mass is 32.1. The van der Waals surface area contributed by atoms with Crippen LogP contribution in [-0.2, 0) is 26.2 Å². The number of benzene rings is 4. The Morgan fingerprint density at radius 3 is 1.21 bits per heavy atom. The summed E-state index contributed by atoms with van der Waals surface area (Å²) in [6, 6.07) is 42.6. The van der Waals surface area contributed by atoms with Gasteiger partial charge >= 0.3 is 0 Å². The van der Waals surface area contributed by atoms with Crippen molar-refractivity contribution in [2.45, 2.75) is 216 Å². The quantitative estimate of drug-likeness (QED) is 0.0766. The molecule has 4 aromatic carbocycles. The Labute approximate surface area is 569 Å². The first-order valence-corrected chi connectivity index (χ1v) is 39.1. The Kier molecular flexibility index (Phi) is 17.2. The second-order valence-electron chi connectivity index (χ2n) is 33.6. The van der Waals surface area contributed by atoms with Gasteiger partial charge in [0.05, 0.1) is 12.0 Å². The van der Waals surface area contributed by atoms with E-state index in [1.165, 1.54) is 209 Å². The summed E-state index contributed by atoms with van der Waals surface area (Å²) in [5.74, 6) is 13.1. The standard InChI is InChI=1S/C22H28N2O.2C21H25NS.C20H25N3/c1-14-21(15(2)25-24-14)20-5-3-16(4-6-20)13-23-22-10-17-7-18(11-22)9-19(8-17)12-22;1-3-15(10-19(4-1)20-5-2-6-23-20)14-22-21-11-16-7-17(12-21)9-18(8-16)13-21;1-2-15(9-19(3-1)20-4-5-23-14-20)13-22-21-10-16-6-17(11-21)8-18(7-16)12-21;1-3-19(23-6-5-21-14-23)4-2-15(1)13-22-20-10-16-7-17(11-20)9-18(8-16)12-20/h3-6,17-19,23H,7-13H2,1-2H3;1-6,10,16-18,22H,7-9,11-14H2;1-5,9,14,16-18,22H,6-8,10-13H2;1-6,14,16-18,22H,7-13H2. The fraction of sp³-hybridized carbons (Fsp3) is 0.548. The summed E-state index contributed by atoms with van der Waals surface area (Å²) >= 11 is 3.61. The molecule has 16 aliphatic rings. The predicted molar refractivity (Wildman–Crippen MR) is 385 cm³/mol. The van der Waals surface area contributed by atoms with E-state index < -0.39 is 0 Å². The molecule has 0 unspecified atom stereocenters. The number of thiophene rings is 2. The summed E-state index contributed by atoms with van der Waals surface area (Å²) < 4.78 is 7.35. The maximum absolute atomic E-state index is 5.30. The number of hydrogen-bond donors (Lipinski definition) is 4. The van der Waals surface area contributed by atoms with Gasteiger partial charge in [-0.25, -0.2) is 4.98 Å². The van der Waals surface area contributed by atoms with Crippen LogP contribution in [0.3, 0.4) is 0 Å². The van der Waals surface area contributed by atoms with Crippen molar-refractivity contribution in [3.8, 4) is 38.4 Å². The zero-order valence-corrected chi connectivity index (χ0v) is 57.9. The van der Waals surface area contributed by atoms with Crippen LogP contribution < -0.4 is 21.3 Å². The molecule has 0 amide bonds. The summed E-state index contributed by atoms with van der Waals surface area (Å²) in [5, 5.41) is 26.6. The Hall–Kier alpha value is -5.46. The van der Waals surface area contributed by atoms with E-state index in [1.54, 1.807) is 11.3 Å².